The monoisotopic (exact) mass is 462 g/mol. The molecule has 1 aliphatic rings. The van der Waals surface area contributed by atoms with Crippen LogP contribution in [0.4, 0.5) is 0 Å². The smallest absolute Gasteiger partial charge is 0.264 e. The average molecular weight is 463 g/mol. The fourth-order valence-electron chi connectivity index (χ4n) is 2.41. The Morgan fingerprint density at radius 2 is 1.57 bits per heavy atom. The van der Waals surface area contributed by atoms with Crippen molar-refractivity contribution >= 4 is 28.6 Å². The number of rotatable bonds is 9. The van der Waals surface area contributed by atoms with Gasteiger partial charge in [-0.15, -0.1) is 0 Å². The zero-order valence-corrected chi connectivity index (χ0v) is 20.8. The van der Waals surface area contributed by atoms with E-state index in [1.54, 1.807) is 13.8 Å². The van der Waals surface area contributed by atoms with Crippen LogP contribution in [0.3, 0.4) is 0 Å². The van der Waals surface area contributed by atoms with Gasteiger partial charge in [0.05, 0.1) is 25.7 Å². The van der Waals surface area contributed by atoms with Crippen LogP contribution in [-0.2, 0) is 42.5 Å². The molecule has 9 nitrogen and oxygen atoms in total. The first-order valence-electron chi connectivity index (χ1n) is 8.95. The molecule has 1 fully saturated rings. The first-order valence-corrected chi connectivity index (χ1v) is 15.5. The Kier molecular flexibility index (Phi) is 7.95. The van der Waals surface area contributed by atoms with Gasteiger partial charge in [-0.1, -0.05) is 20.8 Å². The number of hydrogen-bond acceptors (Lipinski definition) is 9. The summed E-state index contributed by atoms with van der Waals surface area (Å²) < 4.78 is 74.1. The van der Waals surface area contributed by atoms with Gasteiger partial charge in [-0.3, -0.25) is 8.37 Å². The van der Waals surface area contributed by atoms with Crippen molar-refractivity contribution < 1.29 is 39.1 Å². The van der Waals surface area contributed by atoms with Crippen LogP contribution >= 0.6 is 0 Å². The molecular weight excluding hydrogens is 428 g/mol. The average Bonchev–Trinajstić information content (AvgIpc) is 2.73. The van der Waals surface area contributed by atoms with Crippen molar-refractivity contribution in [2.75, 3.05) is 25.7 Å². The third-order valence-electron chi connectivity index (χ3n) is 4.75. The van der Waals surface area contributed by atoms with Crippen LogP contribution in [0.15, 0.2) is 0 Å². The lowest BCUT2D eigenvalue weighted by molar-refractivity contribution is -0.156. The van der Waals surface area contributed by atoms with Gasteiger partial charge in [0, 0.05) is 0 Å². The van der Waals surface area contributed by atoms with E-state index in [-0.39, 0.29) is 18.3 Å². The molecule has 0 bridgehead atoms. The molecule has 0 aromatic carbocycles. The molecule has 1 aliphatic heterocycles. The highest BCUT2D eigenvalue weighted by molar-refractivity contribution is 7.86. The fourth-order valence-corrected chi connectivity index (χ4v) is 4.42. The Morgan fingerprint density at radius 1 is 1.04 bits per heavy atom. The first kappa shape index (κ1) is 26.0. The van der Waals surface area contributed by atoms with E-state index in [1.807, 2.05) is 13.1 Å². The highest BCUT2D eigenvalue weighted by atomic mass is 32.2. The third-order valence-corrected chi connectivity index (χ3v) is 10.4. The summed E-state index contributed by atoms with van der Waals surface area (Å²) in [5.41, 5.74) is 0. The molecule has 1 heterocycles. The van der Waals surface area contributed by atoms with Crippen molar-refractivity contribution in [2.45, 2.75) is 76.8 Å². The van der Waals surface area contributed by atoms with E-state index in [0.717, 1.165) is 12.5 Å². The van der Waals surface area contributed by atoms with Gasteiger partial charge >= 0.3 is 0 Å². The summed E-state index contributed by atoms with van der Waals surface area (Å²) in [6.07, 6.45) is -0.890. The lowest BCUT2D eigenvalue weighted by Crippen LogP contribution is -2.48. The summed E-state index contributed by atoms with van der Waals surface area (Å²) in [4.78, 5) is 0. The van der Waals surface area contributed by atoms with E-state index in [4.69, 9.17) is 22.3 Å². The van der Waals surface area contributed by atoms with Crippen LogP contribution in [-0.4, -0.2) is 75.0 Å². The SMILES string of the molecule is CC1(C)OC(COS(C)(=O)=O)C([C@H](CO[Si](C)(C)C(C)(C)C)OS(C)(=O)=O)O1. The Bertz CT molecular complexity index is 739. The summed E-state index contributed by atoms with van der Waals surface area (Å²) >= 11 is 0. The molecule has 12 heteroatoms. The van der Waals surface area contributed by atoms with Crippen molar-refractivity contribution in [3.05, 3.63) is 0 Å². The molecule has 0 aromatic heterocycles. The molecule has 0 amide bonds. The molecule has 28 heavy (non-hydrogen) atoms. The Hall–Kier alpha value is -0.0831. The van der Waals surface area contributed by atoms with E-state index >= 15 is 0 Å². The standard InChI is InChI=1S/C16H34O9S2Si/c1-15(2,3)28(8,9)22-11-13(25-27(7,19)20)14-12(10-21-26(6,17)18)23-16(4,5)24-14/h12-14H,10-11H2,1-9H3/t12?,13-,14?/m0/s1. The van der Waals surface area contributed by atoms with Gasteiger partial charge < -0.3 is 13.9 Å². The zero-order chi connectivity index (χ0) is 22.2. The van der Waals surface area contributed by atoms with Crippen molar-refractivity contribution in [3.8, 4) is 0 Å². The normalized spacial score (nSPS) is 25.0. The van der Waals surface area contributed by atoms with Crippen LogP contribution in [0.1, 0.15) is 34.6 Å². The minimum Gasteiger partial charge on any atom is -0.414 e. The Balaban J connectivity index is 3.08. The highest BCUT2D eigenvalue weighted by Gasteiger charge is 2.48. The zero-order valence-electron chi connectivity index (χ0n) is 18.1. The number of ether oxygens (including phenoxy) is 2. The second kappa shape index (κ2) is 8.58. The maximum absolute atomic E-state index is 11.8. The van der Waals surface area contributed by atoms with Gasteiger partial charge in [0.1, 0.15) is 18.3 Å². The van der Waals surface area contributed by atoms with Gasteiger partial charge in [0.25, 0.3) is 20.2 Å². The molecule has 0 aliphatic carbocycles. The van der Waals surface area contributed by atoms with Crippen LogP contribution in [0, 0.1) is 0 Å². The Morgan fingerprint density at radius 3 is 2.00 bits per heavy atom. The summed E-state index contributed by atoms with van der Waals surface area (Å²) in [6.45, 7) is 13.2. The lowest BCUT2D eigenvalue weighted by Gasteiger charge is -2.38. The first-order chi connectivity index (χ1) is 12.2. The quantitative estimate of drug-likeness (QED) is 0.374. The molecule has 168 valence electrons. The van der Waals surface area contributed by atoms with Gasteiger partial charge in [0.2, 0.25) is 0 Å². The maximum atomic E-state index is 11.8. The van der Waals surface area contributed by atoms with Crippen LogP contribution in [0.2, 0.25) is 18.1 Å². The third kappa shape index (κ3) is 8.34. The summed E-state index contributed by atoms with van der Waals surface area (Å²) in [6, 6.07) is 0. The molecule has 2 unspecified atom stereocenters. The van der Waals surface area contributed by atoms with E-state index in [1.165, 1.54) is 0 Å². The molecule has 3 atom stereocenters. The summed E-state index contributed by atoms with van der Waals surface area (Å²) in [7, 11) is -9.73. The van der Waals surface area contributed by atoms with Gasteiger partial charge in [-0.25, -0.2) is 0 Å². The van der Waals surface area contributed by atoms with Crippen molar-refractivity contribution in [1.29, 1.82) is 0 Å². The fraction of sp³-hybridized carbons (Fsp3) is 1.00. The Labute approximate surface area is 170 Å². The van der Waals surface area contributed by atoms with Crippen molar-refractivity contribution in [2.24, 2.45) is 0 Å². The van der Waals surface area contributed by atoms with Gasteiger partial charge in [0.15, 0.2) is 14.1 Å². The minimum absolute atomic E-state index is 0.0386. The molecule has 1 saturated heterocycles. The van der Waals surface area contributed by atoms with Gasteiger partial charge in [-0.2, -0.15) is 16.8 Å². The van der Waals surface area contributed by atoms with Gasteiger partial charge in [-0.05, 0) is 32.0 Å². The number of hydrogen-bond donors (Lipinski definition) is 0. The molecule has 1 rings (SSSR count). The minimum atomic E-state index is -3.83. The molecule has 0 radical (unpaired) electrons. The van der Waals surface area contributed by atoms with E-state index in [0.29, 0.717) is 0 Å². The molecule has 0 spiro atoms. The molecule has 0 N–H and O–H groups in total. The van der Waals surface area contributed by atoms with Crippen molar-refractivity contribution in [3.63, 3.8) is 0 Å². The largest absolute Gasteiger partial charge is 0.414 e. The topological polar surface area (TPSA) is 114 Å². The van der Waals surface area contributed by atoms with E-state index in [2.05, 4.69) is 20.8 Å². The van der Waals surface area contributed by atoms with Crippen LogP contribution in [0.5, 0.6) is 0 Å². The second-order valence-electron chi connectivity index (χ2n) is 9.04. The van der Waals surface area contributed by atoms with E-state index in [9.17, 15) is 16.8 Å². The van der Waals surface area contributed by atoms with Crippen LogP contribution in [0.25, 0.3) is 0 Å². The maximum Gasteiger partial charge on any atom is 0.264 e. The predicted molar refractivity (Wildman–Crippen MR) is 107 cm³/mol. The van der Waals surface area contributed by atoms with Crippen molar-refractivity contribution in [1.82, 2.24) is 0 Å². The molecular formula is C16H34O9S2Si. The molecule has 0 saturated carbocycles. The van der Waals surface area contributed by atoms with E-state index < -0.39 is 52.7 Å². The lowest BCUT2D eigenvalue weighted by atomic mass is 10.1. The molecule has 0 aromatic rings. The summed E-state index contributed by atoms with van der Waals surface area (Å²) in [5.74, 6) is -1.06. The van der Waals surface area contributed by atoms with Crippen LogP contribution < -0.4 is 0 Å². The summed E-state index contributed by atoms with van der Waals surface area (Å²) in [5, 5.41) is -0.0895. The highest BCUT2D eigenvalue weighted by Crippen LogP contribution is 2.38. The second-order valence-corrected chi connectivity index (χ2v) is 17.1. The predicted octanol–water partition coefficient (Wildman–Crippen LogP) is 1.85.